The number of hydrogen-bond donors (Lipinski definition) is 1. The van der Waals surface area contributed by atoms with Crippen molar-refractivity contribution in [2.45, 2.75) is 90.6 Å². The Kier molecular flexibility index (Phi) is 11.2. The van der Waals surface area contributed by atoms with Crippen LogP contribution in [0.2, 0.25) is 5.04 Å². The highest BCUT2D eigenvalue weighted by molar-refractivity contribution is 6.99. The van der Waals surface area contributed by atoms with E-state index in [4.69, 9.17) is 13.9 Å². The third kappa shape index (κ3) is 8.55. The number of rotatable bonds is 9. The van der Waals surface area contributed by atoms with E-state index in [1.807, 2.05) is 54.6 Å². The van der Waals surface area contributed by atoms with Gasteiger partial charge in [0.1, 0.15) is 18.0 Å². The molecule has 0 aromatic heterocycles. The zero-order valence-electron chi connectivity index (χ0n) is 31.5. The van der Waals surface area contributed by atoms with Crippen LogP contribution < -0.4 is 15.7 Å². The lowest BCUT2D eigenvalue weighted by Crippen LogP contribution is -2.68. The predicted molar refractivity (Wildman–Crippen MR) is 212 cm³/mol. The van der Waals surface area contributed by atoms with Crippen LogP contribution >= 0.6 is 0 Å². The van der Waals surface area contributed by atoms with Gasteiger partial charge in [-0.25, -0.2) is 9.18 Å². The number of hydrogen-bond acceptors (Lipinski definition) is 5. The maximum Gasteiger partial charge on any atom is 0.411 e. The lowest BCUT2D eigenvalue weighted by Gasteiger charge is -2.46. The number of halogens is 1. The van der Waals surface area contributed by atoms with Crippen molar-refractivity contribution in [2.24, 2.45) is 5.41 Å². The van der Waals surface area contributed by atoms with E-state index >= 15 is 0 Å². The maximum absolute atomic E-state index is 14.5. The molecule has 4 aromatic carbocycles. The number of anilines is 1. The molecule has 53 heavy (non-hydrogen) atoms. The largest absolute Gasteiger partial charge is 0.458 e. The molecule has 1 N–H and O–H groups in total. The number of ether oxygens (including phenoxy) is 2. The van der Waals surface area contributed by atoms with Crippen LogP contribution in [0, 0.1) is 18.2 Å². The molecular weight excluding hydrogens is 682 g/mol. The van der Waals surface area contributed by atoms with Gasteiger partial charge in [0.25, 0.3) is 8.32 Å². The lowest BCUT2D eigenvalue weighted by molar-refractivity contribution is -0.155. The number of para-hydroxylation sites is 1. The van der Waals surface area contributed by atoms with E-state index < -0.39 is 32.0 Å². The summed E-state index contributed by atoms with van der Waals surface area (Å²) in [6, 6.07) is 35.2. The first-order chi connectivity index (χ1) is 25.2. The Balaban J connectivity index is 1.31. The molecule has 1 aliphatic heterocycles. The summed E-state index contributed by atoms with van der Waals surface area (Å²) in [6.07, 6.45) is 3.92. The number of nitrogens with one attached hydrogen (secondary N) is 1. The number of amides is 1. The average molecular weight is 732 g/mol. The van der Waals surface area contributed by atoms with Crippen LogP contribution in [0.1, 0.15) is 71.4 Å². The first-order valence-electron chi connectivity index (χ1n) is 18.4. The van der Waals surface area contributed by atoms with Gasteiger partial charge in [-0.15, -0.1) is 0 Å². The van der Waals surface area contributed by atoms with Gasteiger partial charge in [0.15, 0.2) is 0 Å². The third-order valence-corrected chi connectivity index (χ3v) is 15.5. The van der Waals surface area contributed by atoms with Crippen LogP contribution in [0.3, 0.4) is 0 Å². The zero-order valence-corrected chi connectivity index (χ0v) is 32.5. The van der Waals surface area contributed by atoms with E-state index in [9.17, 15) is 14.0 Å². The summed E-state index contributed by atoms with van der Waals surface area (Å²) < 4.78 is 33.8. The molecule has 6 rings (SSSR count). The second-order valence-electron chi connectivity index (χ2n) is 15.9. The van der Waals surface area contributed by atoms with Crippen molar-refractivity contribution < 1.29 is 27.9 Å². The molecule has 1 amide bonds. The van der Waals surface area contributed by atoms with Gasteiger partial charge in [0.2, 0.25) is 0 Å². The summed E-state index contributed by atoms with van der Waals surface area (Å²) in [5, 5.41) is 4.90. The van der Waals surface area contributed by atoms with Crippen molar-refractivity contribution in [3.8, 4) is 0 Å². The second-order valence-corrected chi connectivity index (χ2v) is 20.1. The molecule has 6 nitrogen and oxygen atoms in total. The van der Waals surface area contributed by atoms with E-state index in [0.717, 1.165) is 27.1 Å². The number of carbonyl (C=O) groups is 2. The summed E-state index contributed by atoms with van der Waals surface area (Å²) >= 11 is 0. The van der Waals surface area contributed by atoms with E-state index in [-0.39, 0.29) is 29.3 Å². The molecule has 1 aliphatic carbocycles. The molecule has 1 heterocycles. The minimum atomic E-state index is -2.90. The van der Waals surface area contributed by atoms with Crippen LogP contribution in [-0.4, -0.2) is 38.7 Å². The normalized spacial score (nSPS) is 20.6. The summed E-state index contributed by atoms with van der Waals surface area (Å²) in [5.41, 5.74) is 3.60. The van der Waals surface area contributed by atoms with Crippen LogP contribution in [0.15, 0.2) is 127 Å². The molecule has 1 unspecified atom stereocenters. The highest BCUT2D eigenvalue weighted by Gasteiger charge is 2.52. The number of cyclic esters (lactones) is 1. The van der Waals surface area contributed by atoms with Gasteiger partial charge in [-0.3, -0.25) is 10.1 Å². The molecule has 8 heteroatoms. The number of esters is 1. The Bertz CT molecular complexity index is 1930. The third-order valence-electron chi connectivity index (χ3n) is 10.4. The van der Waals surface area contributed by atoms with Crippen LogP contribution in [-0.2, 0) is 18.7 Å². The molecule has 1 fully saturated rings. The summed E-state index contributed by atoms with van der Waals surface area (Å²) in [5.74, 6) is -0.574. The van der Waals surface area contributed by atoms with Gasteiger partial charge >= 0.3 is 12.1 Å². The van der Waals surface area contributed by atoms with Crippen molar-refractivity contribution in [3.63, 3.8) is 0 Å². The summed E-state index contributed by atoms with van der Waals surface area (Å²) in [7, 11) is -2.90. The van der Waals surface area contributed by atoms with Crippen LogP contribution in [0.25, 0.3) is 5.57 Å². The molecule has 0 saturated carbocycles. The average Bonchev–Trinajstić information content (AvgIpc) is 3.11. The standard InChI is InChI=1S/C45H50FNO5Si/c1-31-26-32(22-25-41(31)46)39-28-36(51-43(49)47-33-16-10-7-11-17-33)30-45(5,6)40(39)24-23-34-27-35(29-42(48)50-34)52-53(44(2,3)4,37-18-12-8-13-19-37)38-20-14-9-15-21-38/h7-26,34-36H,27-30H2,1-6H3,(H,47,49)/b24-23+/t34-,35-,36?/m0/s1. The number of aryl methyl sites for hydroxylation is 1. The van der Waals surface area contributed by atoms with E-state index in [2.05, 4.69) is 94.5 Å². The van der Waals surface area contributed by atoms with E-state index in [1.54, 1.807) is 13.0 Å². The van der Waals surface area contributed by atoms with Gasteiger partial charge in [0.05, 0.1) is 12.5 Å². The van der Waals surface area contributed by atoms with Crippen LogP contribution in [0.4, 0.5) is 14.9 Å². The number of allylic oxidation sites excluding steroid dienone is 2. The van der Waals surface area contributed by atoms with Crippen molar-refractivity contribution in [3.05, 3.63) is 144 Å². The van der Waals surface area contributed by atoms with E-state index in [1.165, 1.54) is 6.07 Å². The maximum atomic E-state index is 14.5. The van der Waals surface area contributed by atoms with E-state index in [0.29, 0.717) is 30.5 Å². The number of benzene rings is 4. The van der Waals surface area contributed by atoms with Crippen molar-refractivity contribution >= 4 is 42.0 Å². The summed E-state index contributed by atoms with van der Waals surface area (Å²) in [4.78, 5) is 26.3. The van der Waals surface area contributed by atoms with Crippen molar-refractivity contribution in [1.29, 1.82) is 0 Å². The second kappa shape index (κ2) is 15.7. The fraction of sp³-hybridized carbons (Fsp3) is 0.333. The van der Waals surface area contributed by atoms with Gasteiger partial charge in [-0.05, 0) is 86.8 Å². The lowest BCUT2D eigenvalue weighted by atomic mass is 9.69. The first-order valence-corrected chi connectivity index (χ1v) is 20.4. The fourth-order valence-electron chi connectivity index (χ4n) is 7.98. The van der Waals surface area contributed by atoms with Gasteiger partial charge < -0.3 is 13.9 Å². The molecule has 2 aliphatic rings. The molecule has 3 atom stereocenters. The van der Waals surface area contributed by atoms with Gasteiger partial charge in [-0.1, -0.05) is 126 Å². The van der Waals surface area contributed by atoms with Gasteiger partial charge in [0, 0.05) is 18.5 Å². The Hall–Kier alpha value is -4.79. The Morgan fingerprint density at radius 3 is 2.08 bits per heavy atom. The molecule has 0 bridgehead atoms. The highest BCUT2D eigenvalue weighted by atomic mass is 28.4. The van der Waals surface area contributed by atoms with Crippen LogP contribution in [0.5, 0.6) is 0 Å². The quantitative estimate of drug-likeness (QED) is 0.137. The Labute approximate surface area is 314 Å². The Morgan fingerprint density at radius 2 is 1.49 bits per heavy atom. The fourth-order valence-corrected chi connectivity index (χ4v) is 12.7. The molecule has 0 radical (unpaired) electrons. The van der Waals surface area contributed by atoms with Crippen molar-refractivity contribution in [2.75, 3.05) is 5.32 Å². The molecule has 1 saturated heterocycles. The highest BCUT2D eigenvalue weighted by Crippen LogP contribution is 2.46. The minimum absolute atomic E-state index is 0.174. The van der Waals surface area contributed by atoms with Gasteiger partial charge in [-0.2, -0.15) is 0 Å². The summed E-state index contributed by atoms with van der Waals surface area (Å²) in [6.45, 7) is 12.7. The topological polar surface area (TPSA) is 73.9 Å². The molecule has 0 spiro atoms. The first kappa shape index (κ1) is 37.9. The molecular formula is C45H50FNO5Si. The smallest absolute Gasteiger partial charge is 0.411 e. The monoisotopic (exact) mass is 731 g/mol. The molecule has 4 aromatic rings. The zero-order chi connectivity index (χ0) is 37.8. The minimum Gasteiger partial charge on any atom is -0.458 e. The number of carbonyl (C=O) groups excluding carboxylic acids is 2. The van der Waals surface area contributed by atoms with Crippen molar-refractivity contribution in [1.82, 2.24) is 0 Å². The molecule has 276 valence electrons. The SMILES string of the molecule is Cc1cc(C2=C(/C=C/[C@H]3C[C@H](O[Si](c4ccccc4)(c4ccccc4)C(C)(C)C)CC(=O)O3)C(C)(C)CC(OC(=O)Nc3ccccc3)C2)ccc1F. The Morgan fingerprint density at radius 1 is 0.887 bits per heavy atom. The predicted octanol–water partition coefficient (Wildman–Crippen LogP) is 9.53.